The maximum absolute atomic E-state index is 8.87. The van der Waals surface area contributed by atoms with Gasteiger partial charge < -0.3 is 4.90 Å². The third-order valence-corrected chi connectivity index (χ3v) is 2.18. The van der Waals surface area contributed by atoms with Gasteiger partial charge in [0.2, 0.25) is 0 Å². The lowest BCUT2D eigenvalue weighted by Crippen LogP contribution is -2.26. The van der Waals surface area contributed by atoms with E-state index in [9.17, 15) is 0 Å². The predicted molar refractivity (Wildman–Crippen MR) is 54.7 cm³/mol. The third-order valence-electron chi connectivity index (χ3n) is 2.18. The van der Waals surface area contributed by atoms with Crippen LogP contribution in [0.4, 0.5) is 5.69 Å². The highest BCUT2D eigenvalue weighted by Gasteiger charge is 2.08. The van der Waals surface area contributed by atoms with Crippen LogP contribution in [-0.4, -0.2) is 13.1 Å². The van der Waals surface area contributed by atoms with Gasteiger partial charge in [0.15, 0.2) is 0 Å². The van der Waals surface area contributed by atoms with E-state index in [1.807, 2.05) is 31.3 Å². The first kappa shape index (κ1) is 9.60. The van der Waals surface area contributed by atoms with Gasteiger partial charge in [-0.05, 0) is 26.0 Å². The SMILES string of the molecule is CC(C)N(C)c1ccccc1C#N. The van der Waals surface area contributed by atoms with Crippen molar-refractivity contribution in [1.82, 2.24) is 0 Å². The van der Waals surface area contributed by atoms with Gasteiger partial charge in [-0.2, -0.15) is 5.26 Å². The molecule has 0 radical (unpaired) electrons. The molecule has 0 aliphatic carbocycles. The quantitative estimate of drug-likeness (QED) is 0.688. The molecular weight excluding hydrogens is 160 g/mol. The molecule has 0 atom stereocenters. The smallest absolute Gasteiger partial charge is 0.101 e. The number of hydrogen-bond acceptors (Lipinski definition) is 2. The molecule has 13 heavy (non-hydrogen) atoms. The first-order chi connectivity index (χ1) is 6.16. The van der Waals surface area contributed by atoms with Crippen LogP contribution in [0.1, 0.15) is 19.4 Å². The maximum Gasteiger partial charge on any atom is 0.101 e. The zero-order valence-electron chi connectivity index (χ0n) is 8.28. The summed E-state index contributed by atoms with van der Waals surface area (Å²) >= 11 is 0. The predicted octanol–water partition coefficient (Wildman–Crippen LogP) is 2.40. The number of nitriles is 1. The van der Waals surface area contributed by atoms with Crippen LogP contribution in [0.15, 0.2) is 24.3 Å². The number of nitrogens with zero attached hydrogens (tertiary/aromatic N) is 2. The van der Waals surface area contributed by atoms with E-state index in [0.29, 0.717) is 6.04 Å². The van der Waals surface area contributed by atoms with Gasteiger partial charge in [0.05, 0.1) is 11.3 Å². The fourth-order valence-electron chi connectivity index (χ4n) is 1.15. The largest absolute Gasteiger partial charge is 0.371 e. The molecule has 0 N–H and O–H groups in total. The second kappa shape index (κ2) is 3.95. The van der Waals surface area contributed by atoms with Crippen molar-refractivity contribution < 1.29 is 0 Å². The van der Waals surface area contributed by atoms with Gasteiger partial charge >= 0.3 is 0 Å². The normalized spacial score (nSPS) is 9.77. The molecule has 1 aromatic rings. The van der Waals surface area contributed by atoms with Crippen LogP contribution < -0.4 is 4.90 Å². The molecule has 1 rings (SSSR count). The summed E-state index contributed by atoms with van der Waals surface area (Å²) in [5.41, 5.74) is 1.73. The number of benzene rings is 1. The molecule has 0 unspecified atom stereocenters. The molecule has 0 aliphatic heterocycles. The van der Waals surface area contributed by atoms with Crippen molar-refractivity contribution in [2.24, 2.45) is 0 Å². The van der Waals surface area contributed by atoms with Crippen molar-refractivity contribution in [3.8, 4) is 6.07 Å². The highest BCUT2D eigenvalue weighted by molar-refractivity contribution is 5.59. The molecule has 2 heteroatoms. The molecule has 0 heterocycles. The molecule has 0 saturated heterocycles. The Kier molecular flexibility index (Phi) is 2.92. The zero-order valence-corrected chi connectivity index (χ0v) is 8.28. The topological polar surface area (TPSA) is 27.0 Å². The molecule has 0 saturated carbocycles. The van der Waals surface area contributed by atoms with Crippen molar-refractivity contribution in [2.45, 2.75) is 19.9 Å². The molecule has 0 spiro atoms. The van der Waals surface area contributed by atoms with Crippen LogP contribution in [0, 0.1) is 11.3 Å². The molecule has 0 fully saturated rings. The summed E-state index contributed by atoms with van der Waals surface area (Å²) in [5, 5.41) is 8.87. The zero-order chi connectivity index (χ0) is 9.84. The van der Waals surface area contributed by atoms with E-state index in [1.165, 1.54) is 0 Å². The Morgan fingerprint density at radius 1 is 1.31 bits per heavy atom. The highest BCUT2D eigenvalue weighted by Crippen LogP contribution is 2.19. The second-order valence-electron chi connectivity index (χ2n) is 3.33. The van der Waals surface area contributed by atoms with E-state index in [4.69, 9.17) is 5.26 Å². The summed E-state index contributed by atoms with van der Waals surface area (Å²) in [6.07, 6.45) is 0. The number of para-hydroxylation sites is 1. The Morgan fingerprint density at radius 2 is 1.92 bits per heavy atom. The van der Waals surface area contributed by atoms with Crippen LogP contribution in [0.2, 0.25) is 0 Å². The van der Waals surface area contributed by atoms with E-state index in [1.54, 1.807) is 0 Å². The van der Waals surface area contributed by atoms with E-state index in [0.717, 1.165) is 11.3 Å². The van der Waals surface area contributed by atoms with E-state index >= 15 is 0 Å². The molecule has 0 bridgehead atoms. The second-order valence-corrected chi connectivity index (χ2v) is 3.33. The Hall–Kier alpha value is -1.49. The number of rotatable bonds is 2. The van der Waals surface area contributed by atoms with Crippen molar-refractivity contribution in [3.05, 3.63) is 29.8 Å². The Labute approximate surface area is 79.4 Å². The fourth-order valence-corrected chi connectivity index (χ4v) is 1.15. The average molecular weight is 174 g/mol. The standard InChI is InChI=1S/C11H14N2/c1-9(2)13(3)11-7-5-4-6-10(11)8-12/h4-7,9H,1-3H3. The Balaban J connectivity index is 3.07. The molecule has 1 aromatic carbocycles. The van der Waals surface area contributed by atoms with Crippen molar-refractivity contribution in [3.63, 3.8) is 0 Å². The lowest BCUT2D eigenvalue weighted by molar-refractivity contribution is 0.754. The molecular formula is C11H14N2. The monoisotopic (exact) mass is 174 g/mol. The summed E-state index contributed by atoms with van der Waals surface area (Å²) in [7, 11) is 2.00. The Bertz CT molecular complexity index is 323. The van der Waals surface area contributed by atoms with Crippen LogP contribution in [0.25, 0.3) is 0 Å². The first-order valence-corrected chi connectivity index (χ1v) is 4.38. The van der Waals surface area contributed by atoms with Crippen molar-refractivity contribution in [2.75, 3.05) is 11.9 Å². The van der Waals surface area contributed by atoms with Crippen molar-refractivity contribution >= 4 is 5.69 Å². The summed E-state index contributed by atoms with van der Waals surface area (Å²) in [6.45, 7) is 4.21. The van der Waals surface area contributed by atoms with Crippen LogP contribution >= 0.6 is 0 Å². The van der Waals surface area contributed by atoms with E-state index in [-0.39, 0.29) is 0 Å². The first-order valence-electron chi connectivity index (χ1n) is 4.38. The van der Waals surface area contributed by atoms with Crippen LogP contribution in [0.3, 0.4) is 0 Å². The minimum atomic E-state index is 0.412. The average Bonchev–Trinajstić information content (AvgIpc) is 2.16. The molecule has 0 amide bonds. The van der Waals surface area contributed by atoms with Gasteiger partial charge in [0, 0.05) is 13.1 Å². The molecule has 0 aromatic heterocycles. The highest BCUT2D eigenvalue weighted by atomic mass is 15.1. The molecule has 2 nitrogen and oxygen atoms in total. The number of anilines is 1. The van der Waals surface area contributed by atoms with E-state index < -0.39 is 0 Å². The Morgan fingerprint density at radius 3 is 2.46 bits per heavy atom. The number of hydrogen-bond donors (Lipinski definition) is 0. The molecule has 68 valence electrons. The maximum atomic E-state index is 8.87. The van der Waals surface area contributed by atoms with Gasteiger partial charge in [0.25, 0.3) is 0 Å². The summed E-state index contributed by atoms with van der Waals surface area (Å²) < 4.78 is 0. The van der Waals surface area contributed by atoms with Gasteiger partial charge in [-0.15, -0.1) is 0 Å². The van der Waals surface area contributed by atoms with Gasteiger partial charge in [-0.25, -0.2) is 0 Å². The van der Waals surface area contributed by atoms with Gasteiger partial charge in [-0.1, -0.05) is 12.1 Å². The van der Waals surface area contributed by atoms with E-state index in [2.05, 4.69) is 24.8 Å². The lowest BCUT2D eigenvalue weighted by atomic mass is 10.1. The van der Waals surface area contributed by atoms with Crippen LogP contribution in [-0.2, 0) is 0 Å². The fraction of sp³-hybridized carbons (Fsp3) is 0.364. The van der Waals surface area contributed by atoms with Crippen LogP contribution in [0.5, 0.6) is 0 Å². The van der Waals surface area contributed by atoms with Crippen molar-refractivity contribution in [1.29, 1.82) is 5.26 Å². The minimum absolute atomic E-state index is 0.412. The van der Waals surface area contributed by atoms with Gasteiger partial charge in [0.1, 0.15) is 6.07 Å². The minimum Gasteiger partial charge on any atom is -0.371 e. The molecule has 0 aliphatic rings. The summed E-state index contributed by atoms with van der Waals surface area (Å²) in [4.78, 5) is 2.10. The lowest BCUT2D eigenvalue weighted by Gasteiger charge is -2.24. The summed E-state index contributed by atoms with van der Waals surface area (Å²) in [5.74, 6) is 0. The van der Waals surface area contributed by atoms with Gasteiger partial charge in [-0.3, -0.25) is 0 Å². The third kappa shape index (κ3) is 2.00. The summed E-state index contributed by atoms with van der Waals surface area (Å²) in [6, 6.07) is 10.3.